The minimum absolute atomic E-state index is 0.161. The third-order valence-corrected chi connectivity index (χ3v) is 5.30. The van der Waals surface area contributed by atoms with E-state index in [1.165, 1.54) is 12.1 Å². The fourth-order valence-electron chi connectivity index (χ4n) is 1.81. The minimum atomic E-state index is -0.922. The van der Waals surface area contributed by atoms with E-state index in [0.29, 0.717) is 14.5 Å². The van der Waals surface area contributed by atoms with Gasteiger partial charge in [0.15, 0.2) is 0 Å². The summed E-state index contributed by atoms with van der Waals surface area (Å²) < 4.78 is 29.8. The van der Waals surface area contributed by atoms with E-state index in [0.717, 1.165) is 10.0 Å². The number of benzene rings is 2. The second kappa shape index (κ2) is 6.42. The van der Waals surface area contributed by atoms with Crippen molar-refractivity contribution >= 4 is 59.4 Å². The van der Waals surface area contributed by atoms with Crippen LogP contribution in [0, 0.1) is 18.6 Å². The predicted octanol–water partition coefficient (Wildman–Crippen LogP) is 6.89. The number of hydrogen-bond acceptors (Lipinski definition) is 0. The molecule has 0 fully saturated rings. The van der Waals surface area contributed by atoms with Crippen LogP contribution >= 0.6 is 59.4 Å². The zero-order chi connectivity index (χ0) is 15.0. The zero-order valence-electron chi connectivity index (χ0n) is 10.2. The van der Waals surface area contributed by atoms with Crippen molar-refractivity contribution in [1.82, 2.24) is 0 Å². The van der Waals surface area contributed by atoms with Gasteiger partial charge in [-0.25, -0.2) is 8.78 Å². The first kappa shape index (κ1) is 16.4. The molecule has 2 aromatic rings. The molecule has 0 radical (unpaired) electrons. The second-order valence-corrected chi connectivity index (χ2v) is 7.33. The number of alkyl halides is 1. The van der Waals surface area contributed by atoms with E-state index in [2.05, 4.69) is 47.8 Å². The molecule has 1 atom stereocenters. The van der Waals surface area contributed by atoms with Gasteiger partial charge in [0.1, 0.15) is 11.6 Å². The third kappa shape index (κ3) is 3.26. The van der Waals surface area contributed by atoms with Crippen LogP contribution in [0.1, 0.15) is 22.1 Å². The zero-order valence-corrected chi connectivity index (χ0v) is 15.7. The topological polar surface area (TPSA) is 0 Å². The van der Waals surface area contributed by atoms with E-state index in [1.807, 2.05) is 13.0 Å². The molecule has 0 saturated heterocycles. The standard InChI is InChI=1S/C14H8Br3ClF2/c1-6-2-10(17)8(5-9(6)16)14(18)13-11(19)3-7(15)4-12(13)20/h2-5,14H,1H3. The summed E-state index contributed by atoms with van der Waals surface area (Å²) in [5.41, 5.74) is 1.44. The maximum atomic E-state index is 14.0. The largest absolute Gasteiger partial charge is 0.206 e. The Balaban J connectivity index is 2.57. The molecule has 0 spiro atoms. The molecular weight excluding hydrogens is 481 g/mol. The lowest BCUT2D eigenvalue weighted by molar-refractivity contribution is 0.557. The molecule has 6 heteroatoms. The molecule has 2 rings (SSSR count). The van der Waals surface area contributed by atoms with E-state index < -0.39 is 17.0 Å². The Morgan fingerprint density at radius 3 is 2.05 bits per heavy atom. The van der Waals surface area contributed by atoms with Gasteiger partial charge in [-0.15, -0.1) is 11.6 Å². The van der Waals surface area contributed by atoms with Crippen molar-refractivity contribution in [2.75, 3.05) is 0 Å². The molecule has 0 aliphatic rings. The Morgan fingerprint density at radius 1 is 0.950 bits per heavy atom. The second-order valence-electron chi connectivity index (χ2n) is 4.27. The fraction of sp³-hybridized carbons (Fsp3) is 0.143. The van der Waals surface area contributed by atoms with E-state index in [-0.39, 0.29) is 5.56 Å². The van der Waals surface area contributed by atoms with Gasteiger partial charge in [-0.2, -0.15) is 0 Å². The van der Waals surface area contributed by atoms with E-state index >= 15 is 0 Å². The molecule has 0 amide bonds. The minimum Gasteiger partial charge on any atom is -0.206 e. The third-order valence-electron chi connectivity index (χ3n) is 2.85. The Bertz CT molecular complexity index is 651. The van der Waals surface area contributed by atoms with Crippen LogP contribution in [0.3, 0.4) is 0 Å². The van der Waals surface area contributed by atoms with Crippen molar-refractivity contribution in [3.05, 3.63) is 66.0 Å². The number of aryl methyl sites for hydroxylation is 1. The van der Waals surface area contributed by atoms with Crippen molar-refractivity contribution in [1.29, 1.82) is 0 Å². The normalized spacial score (nSPS) is 12.6. The maximum Gasteiger partial charge on any atom is 0.132 e. The average molecular weight is 489 g/mol. The Hall–Kier alpha value is 0.0300. The van der Waals surface area contributed by atoms with Crippen molar-refractivity contribution in [2.24, 2.45) is 0 Å². The molecule has 0 nitrogen and oxygen atoms in total. The quantitative estimate of drug-likeness (QED) is 0.403. The summed E-state index contributed by atoms with van der Waals surface area (Å²) in [4.78, 5) is 0. The van der Waals surface area contributed by atoms with Gasteiger partial charge < -0.3 is 0 Å². The fourth-order valence-corrected chi connectivity index (χ4v) is 3.78. The highest BCUT2D eigenvalue weighted by molar-refractivity contribution is 9.11. The molecule has 0 aliphatic heterocycles. The lowest BCUT2D eigenvalue weighted by atomic mass is 10.0. The lowest BCUT2D eigenvalue weighted by Crippen LogP contribution is -2.02. The highest BCUT2D eigenvalue weighted by Gasteiger charge is 2.23. The molecule has 0 aromatic heterocycles. The monoisotopic (exact) mass is 486 g/mol. The van der Waals surface area contributed by atoms with Crippen molar-refractivity contribution in [2.45, 2.75) is 12.3 Å². The van der Waals surface area contributed by atoms with Crippen molar-refractivity contribution in [3.8, 4) is 0 Å². The smallest absolute Gasteiger partial charge is 0.132 e. The molecule has 20 heavy (non-hydrogen) atoms. The number of rotatable bonds is 2. The Kier molecular flexibility index (Phi) is 5.27. The van der Waals surface area contributed by atoms with Crippen molar-refractivity contribution < 1.29 is 8.78 Å². The predicted molar refractivity (Wildman–Crippen MR) is 88.3 cm³/mol. The summed E-state index contributed by atoms with van der Waals surface area (Å²) in [5.74, 6) is -1.36. The Morgan fingerprint density at radius 2 is 1.50 bits per heavy atom. The molecule has 2 aromatic carbocycles. The maximum absolute atomic E-state index is 14.0. The Labute approximate surface area is 145 Å². The van der Waals surface area contributed by atoms with Gasteiger partial charge in [-0.3, -0.25) is 0 Å². The average Bonchev–Trinajstić information content (AvgIpc) is 2.32. The van der Waals surface area contributed by atoms with Gasteiger partial charge in [0.25, 0.3) is 0 Å². The van der Waals surface area contributed by atoms with Crippen LogP contribution in [0.25, 0.3) is 0 Å². The molecule has 0 saturated carbocycles. The SMILES string of the molecule is Cc1cc(Br)c(C(Cl)c2c(F)cc(Br)cc2F)cc1Br. The van der Waals surface area contributed by atoms with Gasteiger partial charge in [0, 0.05) is 19.0 Å². The molecule has 0 bridgehead atoms. The van der Waals surface area contributed by atoms with E-state index in [1.54, 1.807) is 6.07 Å². The van der Waals surface area contributed by atoms with Gasteiger partial charge in [0.2, 0.25) is 0 Å². The molecule has 0 N–H and O–H groups in total. The van der Waals surface area contributed by atoms with Crippen LogP contribution in [-0.2, 0) is 0 Å². The lowest BCUT2D eigenvalue weighted by Gasteiger charge is -2.16. The highest BCUT2D eigenvalue weighted by atomic mass is 79.9. The summed E-state index contributed by atoms with van der Waals surface area (Å²) in [6, 6.07) is 6.01. The first-order valence-corrected chi connectivity index (χ1v) is 8.37. The van der Waals surface area contributed by atoms with Crippen molar-refractivity contribution in [3.63, 3.8) is 0 Å². The highest BCUT2D eigenvalue weighted by Crippen LogP contribution is 2.39. The van der Waals surface area contributed by atoms with E-state index in [9.17, 15) is 8.78 Å². The van der Waals surface area contributed by atoms with Gasteiger partial charge in [0.05, 0.1) is 5.38 Å². The van der Waals surface area contributed by atoms with Crippen LogP contribution in [0.2, 0.25) is 0 Å². The van der Waals surface area contributed by atoms with Crippen LogP contribution < -0.4 is 0 Å². The summed E-state index contributed by atoms with van der Waals surface area (Å²) in [7, 11) is 0. The molecule has 0 aliphatic carbocycles. The number of hydrogen-bond donors (Lipinski definition) is 0. The summed E-state index contributed by atoms with van der Waals surface area (Å²) >= 11 is 16.1. The van der Waals surface area contributed by atoms with Crippen LogP contribution in [-0.4, -0.2) is 0 Å². The summed E-state index contributed by atoms with van der Waals surface area (Å²) in [6.45, 7) is 1.92. The summed E-state index contributed by atoms with van der Waals surface area (Å²) in [6.07, 6.45) is 0. The van der Waals surface area contributed by atoms with Gasteiger partial charge in [-0.1, -0.05) is 47.8 Å². The first-order valence-electron chi connectivity index (χ1n) is 5.55. The van der Waals surface area contributed by atoms with Crippen LogP contribution in [0.4, 0.5) is 8.78 Å². The molecular formula is C14H8Br3ClF2. The number of halogens is 6. The van der Waals surface area contributed by atoms with Gasteiger partial charge >= 0.3 is 0 Å². The van der Waals surface area contributed by atoms with Gasteiger partial charge in [-0.05, 0) is 42.3 Å². The molecule has 106 valence electrons. The van der Waals surface area contributed by atoms with Crippen LogP contribution in [0.5, 0.6) is 0 Å². The van der Waals surface area contributed by atoms with Crippen LogP contribution in [0.15, 0.2) is 37.7 Å². The summed E-state index contributed by atoms with van der Waals surface area (Å²) in [5, 5.41) is -0.922. The molecule has 0 heterocycles. The molecule has 1 unspecified atom stereocenters. The van der Waals surface area contributed by atoms with E-state index in [4.69, 9.17) is 11.6 Å². The first-order chi connectivity index (χ1) is 9.31.